The fourth-order valence-corrected chi connectivity index (χ4v) is 1.69. The Morgan fingerprint density at radius 2 is 1.67 bits per heavy atom. The Kier molecular flexibility index (Phi) is 1.88. The quantitative estimate of drug-likeness (QED) is 0.440. The van der Waals surface area contributed by atoms with Gasteiger partial charge in [0.15, 0.2) is 0 Å². The third-order valence-corrected chi connectivity index (χ3v) is 2.49. The summed E-state index contributed by atoms with van der Waals surface area (Å²) in [5, 5.41) is 0. The second-order valence-electron chi connectivity index (χ2n) is 2.32. The zero-order valence-electron chi connectivity index (χ0n) is 5.56. The molecule has 72 valence electrons. The lowest BCUT2D eigenvalue weighted by molar-refractivity contribution is -0.314. The van der Waals surface area contributed by atoms with Crippen molar-refractivity contribution >= 4 is 10.1 Å². The fraction of sp³-hybridized carbons (Fsp3) is 1.00. The van der Waals surface area contributed by atoms with Crippen LogP contribution in [0.4, 0.5) is 17.6 Å². The molecule has 1 saturated heterocycles. The first-order chi connectivity index (χ1) is 5.16. The van der Waals surface area contributed by atoms with Crippen LogP contribution in [0.5, 0.6) is 0 Å². The molecular weight excluding hydrogens is 204 g/mol. The molecule has 0 radical (unpaired) electrons. The lowest BCUT2D eigenvalue weighted by Gasteiger charge is -2.29. The lowest BCUT2D eigenvalue weighted by Crippen LogP contribution is -2.49. The van der Waals surface area contributed by atoms with E-state index in [1.165, 1.54) is 0 Å². The monoisotopic (exact) mass is 208 g/mol. The molecule has 0 aromatic heterocycles. The third-order valence-electron chi connectivity index (χ3n) is 1.32. The predicted molar refractivity (Wildman–Crippen MR) is 29.4 cm³/mol. The Morgan fingerprint density at radius 1 is 1.17 bits per heavy atom. The standard InChI is InChI=1S/C4H4F4O3S/c5-3(6)1-2-12(9,10)11-4(3,7)8/h1-2H2. The SMILES string of the molecule is O=S1(=O)CCC(F)(F)C(F)(F)O1. The highest BCUT2D eigenvalue weighted by atomic mass is 32.2. The summed E-state index contributed by atoms with van der Waals surface area (Å²) in [5.41, 5.74) is 0. The number of halogens is 4. The second kappa shape index (κ2) is 2.32. The van der Waals surface area contributed by atoms with Crippen molar-refractivity contribution in [1.82, 2.24) is 0 Å². The van der Waals surface area contributed by atoms with Gasteiger partial charge in [0.05, 0.1) is 5.75 Å². The van der Waals surface area contributed by atoms with Gasteiger partial charge < -0.3 is 0 Å². The van der Waals surface area contributed by atoms with Gasteiger partial charge in [-0.3, -0.25) is 0 Å². The molecule has 0 N–H and O–H groups in total. The maximum atomic E-state index is 12.2. The molecule has 0 unspecified atom stereocenters. The zero-order chi connectivity index (χ0) is 9.62. The molecule has 0 saturated carbocycles. The highest BCUT2D eigenvalue weighted by Crippen LogP contribution is 2.42. The van der Waals surface area contributed by atoms with Gasteiger partial charge in [0.25, 0.3) is 10.1 Å². The van der Waals surface area contributed by atoms with Crippen molar-refractivity contribution in [2.45, 2.75) is 18.5 Å². The summed E-state index contributed by atoms with van der Waals surface area (Å²) >= 11 is 0. The minimum absolute atomic E-state index is 1.09. The molecule has 3 nitrogen and oxygen atoms in total. The topological polar surface area (TPSA) is 43.4 Å². The van der Waals surface area contributed by atoms with Crippen LogP contribution in [-0.2, 0) is 14.3 Å². The van der Waals surface area contributed by atoms with Gasteiger partial charge in [0.2, 0.25) is 0 Å². The van der Waals surface area contributed by atoms with E-state index < -0.39 is 34.3 Å². The number of hydrogen-bond acceptors (Lipinski definition) is 3. The van der Waals surface area contributed by atoms with Gasteiger partial charge in [-0.1, -0.05) is 0 Å². The van der Waals surface area contributed by atoms with Gasteiger partial charge in [0.1, 0.15) is 0 Å². The van der Waals surface area contributed by atoms with E-state index in [0.29, 0.717) is 0 Å². The summed E-state index contributed by atoms with van der Waals surface area (Å²) in [6.45, 7) is 0. The van der Waals surface area contributed by atoms with Crippen LogP contribution < -0.4 is 0 Å². The summed E-state index contributed by atoms with van der Waals surface area (Å²) in [6.07, 6.45) is -6.33. The van der Waals surface area contributed by atoms with Crippen molar-refractivity contribution in [3.8, 4) is 0 Å². The molecule has 1 aliphatic rings. The van der Waals surface area contributed by atoms with E-state index in [1.807, 2.05) is 0 Å². The van der Waals surface area contributed by atoms with Crippen LogP contribution in [0.3, 0.4) is 0 Å². The highest BCUT2D eigenvalue weighted by molar-refractivity contribution is 7.86. The molecule has 1 rings (SSSR count). The van der Waals surface area contributed by atoms with Gasteiger partial charge in [0, 0.05) is 6.42 Å². The normalized spacial score (nSPS) is 31.3. The highest BCUT2D eigenvalue weighted by Gasteiger charge is 2.63. The minimum atomic E-state index is -4.91. The van der Waals surface area contributed by atoms with Crippen LogP contribution in [-0.4, -0.2) is 26.2 Å². The van der Waals surface area contributed by atoms with E-state index >= 15 is 0 Å². The average Bonchev–Trinajstić information content (AvgIpc) is 1.79. The van der Waals surface area contributed by atoms with Crippen molar-refractivity contribution in [1.29, 1.82) is 0 Å². The molecule has 0 aliphatic carbocycles. The molecule has 12 heavy (non-hydrogen) atoms. The largest absolute Gasteiger partial charge is 0.433 e. The Hall–Kier alpha value is -0.370. The van der Waals surface area contributed by atoms with E-state index in [-0.39, 0.29) is 0 Å². The molecule has 8 heteroatoms. The van der Waals surface area contributed by atoms with Crippen LogP contribution >= 0.6 is 0 Å². The third kappa shape index (κ3) is 1.53. The number of rotatable bonds is 0. The van der Waals surface area contributed by atoms with Crippen molar-refractivity contribution in [3.05, 3.63) is 0 Å². The molecule has 0 bridgehead atoms. The first-order valence-electron chi connectivity index (χ1n) is 2.85. The summed E-state index contributed by atoms with van der Waals surface area (Å²) < 4.78 is 72.2. The van der Waals surface area contributed by atoms with E-state index in [2.05, 4.69) is 4.18 Å². The summed E-state index contributed by atoms with van der Waals surface area (Å²) in [7, 11) is -4.49. The summed E-state index contributed by atoms with van der Waals surface area (Å²) in [4.78, 5) is 0. The Bertz CT molecular complexity index is 283. The Morgan fingerprint density at radius 3 is 2.00 bits per heavy atom. The van der Waals surface area contributed by atoms with Gasteiger partial charge in [-0.25, -0.2) is 0 Å². The van der Waals surface area contributed by atoms with Crippen molar-refractivity contribution in [2.75, 3.05) is 5.75 Å². The number of alkyl halides is 4. The molecule has 0 atom stereocenters. The van der Waals surface area contributed by atoms with E-state index in [1.54, 1.807) is 0 Å². The van der Waals surface area contributed by atoms with Gasteiger partial charge in [-0.2, -0.15) is 30.2 Å². The van der Waals surface area contributed by atoms with Crippen molar-refractivity contribution in [3.63, 3.8) is 0 Å². The van der Waals surface area contributed by atoms with E-state index in [0.717, 1.165) is 0 Å². The Labute approximate surface area is 65.4 Å². The number of hydrogen-bond donors (Lipinski definition) is 0. The first kappa shape index (κ1) is 9.72. The fourth-order valence-electron chi connectivity index (χ4n) is 0.661. The van der Waals surface area contributed by atoms with Crippen LogP contribution in [0, 0.1) is 0 Å². The van der Waals surface area contributed by atoms with Crippen LogP contribution in [0.15, 0.2) is 0 Å². The molecule has 1 heterocycles. The molecular formula is C4H4F4O3S. The molecule has 1 fully saturated rings. The molecule has 0 amide bonds. The lowest BCUT2D eigenvalue weighted by atomic mass is 10.2. The summed E-state index contributed by atoms with van der Waals surface area (Å²) in [5.74, 6) is -5.49. The molecule has 0 spiro atoms. The van der Waals surface area contributed by atoms with Crippen LogP contribution in [0.1, 0.15) is 6.42 Å². The average molecular weight is 208 g/mol. The van der Waals surface area contributed by atoms with E-state index in [9.17, 15) is 26.0 Å². The van der Waals surface area contributed by atoms with Gasteiger partial charge >= 0.3 is 12.0 Å². The minimum Gasteiger partial charge on any atom is -0.199 e. The molecule has 0 aromatic rings. The Balaban J connectivity index is 2.97. The summed E-state index contributed by atoms with van der Waals surface area (Å²) in [6, 6.07) is 0. The van der Waals surface area contributed by atoms with Gasteiger partial charge in [-0.05, 0) is 0 Å². The molecule has 1 aliphatic heterocycles. The van der Waals surface area contributed by atoms with Crippen molar-refractivity contribution < 1.29 is 30.2 Å². The maximum Gasteiger partial charge on any atom is 0.433 e. The van der Waals surface area contributed by atoms with Gasteiger partial charge in [-0.15, -0.1) is 0 Å². The predicted octanol–water partition coefficient (Wildman–Crippen LogP) is 0.965. The first-order valence-corrected chi connectivity index (χ1v) is 4.43. The second-order valence-corrected chi connectivity index (χ2v) is 4.01. The van der Waals surface area contributed by atoms with Crippen LogP contribution in [0.2, 0.25) is 0 Å². The van der Waals surface area contributed by atoms with Crippen LogP contribution in [0.25, 0.3) is 0 Å². The molecule has 0 aromatic carbocycles. The van der Waals surface area contributed by atoms with Crippen molar-refractivity contribution in [2.24, 2.45) is 0 Å². The van der Waals surface area contributed by atoms with E-state index in [4.69, 9.17) is 0 Å². The maximum absolute atomic E-state index is 12.2. The smallest absolute Gasteiger partial charge is 0.199 e. The zero-order valence-corrected chi connectivity index (χ0v) is 6.38.